The predicted octanol–water partition coefficient (Wildman–Crippen LogP) is 5.65. The first-order valence-electron chi connectivity index (χ1n) is 9.41. The van der Waals surface area contributed by atoms with Gasteiger partial charge in [-0.15, -0.1) is 0 Å². The van der Waals surface area contributed by atoms with E-state index in [-0.39, 0.29) is 39.7 Å². The van der Waals surface area contributed by atoms with Gasteiger partial charge in [-0.3, -0.25) is 0 Å². The lowest BCUT2D eigenvalue weighted by atomic mass is 9.72. The van der Waals surface area contributed by atoms with Crippen molar-refractivity contribution in [2.75, 3.05) is 0 Å². The van der Waals surface area contributed by atoms with Crippen LogP contribution >= 0.6 is 0 Å². The lowest BCUT2D eigenvalue weighted by molar-refractivity contribution is 0.384. The lowest BCUT2D eigenvalue weighted by Crippen LogP contribution is -2.20. The van der Waals surface area contributed by atoms with Crippen molar-refractivity contribution in [3.8, 4) is 23.0 Å². The molecule has 0 saturated heterocycles. The van der Waals surface area contributed by atoms with E-state index in [0.29, 0.717) is 11.1 Å². The second kappa shape index (κ2) is 6.99. The smallest absolute Gasteiger partial charge is 0.161 e. The van der Waals surface area contributed by atoms with Gasteiger partial charge < -0.3 is 20.4 Å². The molecular weight excluding hydrogens is 340 g/mol. The molecule has 0 atom stereocenters. The minimum absolute atomic E-state index is 0.0984. The van der Waals surface area contributed by atoms with E-state index in [4.69, 9.17) is 0 Å². The molecule has 148 valence electrons. The number of hydrogen-bond donors (Lipinski definition) is 4. The van der Waals surface area contributed by atoms with Gasteiger partial charge in [0.2, 0.25) is 0 Å². The third-order valence-electron chi connectivity index (χ3n) is 5.04. The van der Waals surface area contributed by atoms with Gasteiger partial charge in [-0.05, 0) is 40.5 Å². The molecule has 4 N–H and O–H groups in total. The topological polar surface area (TPSA) is 80.9 Å². The monoisotopic (exact) mass is 372 g/mol. The summed E-state index contributed by atoms with van der Waals surface area (Å²) in [6.45, 7) is 14.0. The average molecular weight is 373 g/mol. The van der Waals surface area contributed by atoms with E-state index in [0.717, 1.165) is 17.5 Å². The van der Waals surface area contributed by atoms with Gasteiger partial charge in [0.05, 0.1) is 0 Å². The first-order valence-corrected chi connectivity index (χ1v) is 9.41. The van der Waals surface area contributed by atoms with Gasteiger partial charge in [0.25, 0.3) is 0 Å². The first-order chi connectivity index (χ1) is 12.3. The molecule has 0 fully saturated rings. The van der Waals surface area contributed by atoms with Crippen LogP contribution in [0.3, 0.4) is 0 Å². The van der Waals surface area contributed by atoms with Crippen molar-refractivity contribution in [3.05, 3.63) is 46.5 Å². The maximum atomic E-state index is 10.6. The zero-order valence-corrected chi connectivity index (χ0v) is 17.4. The molecule has 4 nitrogen and oxygen atoms in total. The Kier molecular flexibility index (Phi) is 5.42. The number of phenols is 4. The average Bonchev–Trinajstić information content (AvgIpc) is 2.52. The summed E-state index contributed by atoms with van der Waals surface area (Å²) in [6, 6.07) is 6.72. The van der Waals surface area contributed by atoms with Gasteiger partial charge >= 0.3 is 0 Å². The maximum absolute atomic E-state index is 10.6. The summed E-state index contributed by atoms with van der Waals surface area (Å²) < 4.78 is 0. The van der Waals surface area contributed by atoms with Gasteiger partial charge in [-0.2, -0.15) is 0 Å². The SMILES string of the molecule is CCC(c1ccc(O)c(O)c1C(C)(C)C)c1ccc(O)c(O)c1C(C)(C)C. The van der Waals surface area contributed by atoms with Crippen LogP contribution in [0.15, 0.2) is 24.3 Å². The van der Waals surface area contributed by atoms with Crippen molar-refractivity contribution in [2.24, 2.45) is 0 Å². The van der Waals surface area contributed by atoms with Gasteiger partial charge in [-0.1, -0.05) is 60.6 Å². The molecule has 2 rings (SSSR count). The van der Waals surface area contributed by atoms with Gasteiger partial charge in [0, 0.05) is 17.0 Å². The molecule has 4 heteroatoms. The quantitative estimate of drug-likeness (QED) is 0.525. The molecule has 0 aliphatic rings. The van der Waals surface area contributed by atoms with Crippen LogP contribution in [-0.2, 0) is 10.8 Å². The molecule has 0 bridgehead atoms. The van der Waals surface area contributed by atoms with E-state index in [1.807, 2.05) is 53.7 Å². The zero-order valence-electron chi connectivity index (χ0n) is 17.4. The number of rotatable bonds is 3. The van der Waals surface area contributed by atoms with Gasteiger partial charge in [0.15, 0.2) is 23.0 Å². The molecule has 0 aromatic heterocycles. The molecule has 0 radical (unpaired) electrons. The van der Waals surface area contributed by atoms with Crippen LogP contribution in [-0.4, -0.2) is 20.4 Å². The van der Waals surface area contributed by atoms with Crippen LogP contribution in [0.4, 0.5) is 0 Å². The van der Waals surface area contributed by atoms with E-state index in [1.54, 1.807) is 0 Å². The fourth-order valence-corrected chi connectivity index (χ4v) is 3.96. The summed E-state index contributed by atoms with van der Waals surface area (Å²) >= 11 is 0. The zero-order chi connectivity index (χ0) is 20.7. The molecule has 2 aromatic carbocycles. The lowest BCUT2D eigenvalue weighted by Gasteiger charge is -2.32. The van der Waals surface area contributed by atoms with Crippen molar-refractivity contribution in [1.29, 1.82) is 0 Å². The Labute approximate surface area is 162 Å². The summed E-state index contributed by atoms with van der Waals surface area (Å²) in [7, 11) is 0. The largest absolute Gasteiger partial charge is 0.504 e. The number of hydrogen-bond acceptors (Lipinski definition) is 4. The van der Waals surface area contributed by atoms with E-state index >= 15 is 0 Å². The molecule has 0 saturated carbocycles. The Morgan fingerprint density at radius 2 is 1.00 bits per heavy atom. The molecule has 2 aromatic rings. The standard InChI is InChI=1S/C23H32O4/c1-8-13(14-9-11-16(24)20(26)18(14)22(2,3)4)15-10-12-17(25)21(27)19(15)23(5,6)7/h9-13,24-27H,8H2,1-7H3. The molecular formula is C23H32O4. The molecule has 27 heavy (non-hydrogen) atoms. The van der Waals surface area contributed by atoms with E-state index in [1.165, 1.54) is 12.1 Å². The molecule has 0 amide bonds. The third kappa shape index (κ3) is 3.85. The Morgan fingerprint density at radius 3 is 1.26 bits per heavy atom. The summed E-state index contributed by atoms with van der Waals surface area (Å²) in [4.78, 5) is 0. The normalized spacial score (nSPS) is 12.6. The van der Waals surface area contributed by atoms with Crippen molar-refractivity contribution >= 4 is 0 Å². The molecule has 0 spiro atoms. The Balaban J connectivity index is 2.85. The van der Waals surface area contributed by atoms with Crippen LogP contribution < -0.4 is 0 Å². The second-order valence-electron chi connectivity index (χ2n) is 9.26. The Morgan fingerprint density at radius 1 is 0.667 bits per heavy atom. The predicted molar refractivity (Wildman–Crippen MR) is 109 cm³/mol. The second-order valence-corrected chi connectivity index (χ2v) is 9.26. The fourth-order valence-electron chi connectivity index (χ4n) is 3.96. The summed E-state index contributed by atoms with van der Waals surface area (Å²) in [5.74, 6) is -0.574. The van der Waals surface area contributed by atoms with Crippen LogP contribution in [0, 0.1) is 0 Å². The van der Waals surface area contributed by atoms with E-state index in [2.05, 4.69) is 6.92 Å². The minimum atomic E-state index is -0.383. The summed E-state index contributed by atoms with van der Waals surface area (Å²) in [5, 5.41) is 41.3. The van der Waals surface area contributed by atoms with Crippen LogP contribution in [0.5, 0.6) is 23.0 Å². The summed E-state index contributed by atoms with van der Waals surface area (Å²) in [5.41, 5.74) is 2.45. The van der Waals surface area contributed by atoms with Gasteiger partial charge in [0.1, 0.15) is 0 Å². The van der Waals surface area contributed by atoms with Crippen LogP contribution in [0.1, 0.15) is 83.1 Å². The fraction of sp³-hybridized carbons (Fsp3) is 0.478. The first kappa shape index (κ1) is 20.9. The highest BCUT2D eigenvalue weighted by Gasteiger charge is 2.32. The minimum Gasteiger partial charge on any atom is -0.504 e. The van der Waals surface area contributed by atoms with Crippen molar-refractivity contribution in [1.82, 2.24) is 0 Å². The van der Waals surface area contributed by atoms with E-state index in [9.17, 15) is 20.4 Å². The molecule has 0 aliphatic heterocycles. The van der Waals surface area contributed by atoms with Gasteiger partial charge in [-0.25, -0.2) is 0 Å². The molecule has 0 aliphatic carbocycles. The Bertz CT molecular complexity index is 769. The summed E-state index contributed by atoms with van der Waals surface area (Å²) in [6.07, 6.45) is 0.737. The van der Waals surface area contributed by atoms with E-state index < -0.39 is 0 Å². The maximum Gasteiger partial charge on any atom is 0.161 e. The number of aromatic hydroxyl groups is 4. The molecule has 0 heterocycles. The number of benzene rings is 2. The van der Waals surface area contributed by atoms with Crippen LogP contribution in [0.25, 0.3) is 0 Å². The Hall–Kier alpha value is -2.36. The van der Waals surface area contributed by atoms with Crippen molar-refractivity contribution in [3.63, 3.8) is 0 Å². The highest BCUT2D eigenvalue weighted by molar-refractivity contribution is 5.59. The highest BCUT2D eigenvalue weighted by Crippen LogP contribution is 2.48. The van der Waals surface area contributed by atoms with Crippen LogP contribution in [0.2, 0.25) is 0 Å². The van der Waals surface area contributed by atoms with Crippen molar-refractivity contribution < 1.29 is 20.4 Å². The highest BCUT2D eigenvalue weighted by atomic mass is 16.3. The molecule has 0 unspecified atom stereocenters. The number of phenolic OH excluding ortho intramolecular Hbond substituents is 4. The third-order valence-corrected chi connectivity index (χ3v) is 5.04. The van der Waals surface area contributed by atoms with Crippen molar-refractivity contribution in [2.45, 2.75) is 71.6 Å².